The summed E-state index contributed by atoms with van der Waals surface area (Å²) in [5.41, 5.74) is 6.22. The summed E-state index contributed by atoms with van der Waals surface area (Å²) in [7, 11) is 1.71. The molecule has 4 N–H and O–H groups in total. The summed E-state index contributed by atoms with van der Waals surface area (Å²) in [5, 5.41) is 25.3. The standard InChI is InChI=1S/C19H21BN4O7S/c1-24(2)15(26)8-30-23-16(13-9-32-19(21)22-13)14(25)7-11-6-10-4-3-5-12(18(27)28)17(10)31-20(11)29/h3-5,9,11,29H,6-8H2,1-2H3,(H2,21,22)(H,27,28)/b23-16-/t11-/m1/s1. The Kier molecular flexibility index (Phi) is 7.10. The Balaban J connectivity index is 1.79. The number of nitrogen functional groups attached to an aromatic ring is 1. The van der Waals surface area contributed by atoms with E-state index in [1.807, 2.05) is 0 Å². The van der Waals surface area contributed by atoms with E-state index in [1.54, 1.807) is 26.2 Å². The smallest absolute Gasteiger partial charge is 0.526 e. The molecule has 0 fully saturated rings. The van der Waals surface area contributed by atoms with Crippen molar-refractivity contribution in [1.29, 1.82) is 0 Å². The van der Waals surface area contributed by atoms with Crippen LogP contribution in [-0.2, 0) is 20.8 Å². The van der Waals surface area contributed by atoms with E-state index in [2.05, 4.69) is 10.1 Å². The van der Waals surface area contributed by atoms with Crippen LogP contribution in [0.4, 0.5) is 5.13 Å². The number of Topliss-reactive ketones (excluding diaryl/α,β-unsaturated/α-hetero) is 1. The van der Waals surface area contributed by atoms with E-state index in [-0.39, 0.29) is 53.2 Å². The van der Waals surface area contributed by atoms with Gasteiger partial charge in [0.15, 0.2) is 23.2 Å². The first-order chi connectivity index (χ1) is 15.2. The number of anilines is 1. The number of fused-ring (bicyclic) bond motifs is 1. The van der Waals surface area contributed by atoms with Crippen LogP contribution in [0.5, 0.6) is 5.75 Å². The van der Waals surface area contributed by atoms with E-state index in [0.717, 1.165) is 11.3 Å². The molecule has 0 radical (unpaired) electrons. The molecule has 0 aliphatic carbocycles. The molecule has 11 nitrogen and oxygen atoms in total. The monoisotopic (exact) mass is 460 g/mol. The van der Waals surface area contributed by atoms with Gasteiger partial charge in [-0.25, -0.2) is 9.78 Å². The highest BCUT2D eigenvalue weighted by molar-refractivity contribution is 7.13. The maximum atomic E-state index is 13.0. The van der Waals surface area contributed by atoms with Gasteiger partial charge in [0.25, 0.3) is 5.91 Å². The van der Waals surface area contributed by atoms with Crippen molar-refractivity contribution in [3.05, 3.63) is 40.4 Å². The molecule has 1 aliphatic rings. The molecule has 2 heterocycles. The lowest BCUT2D eigenvalue weighted by atomic mass is 9.64. The Morgan fingerprint density at radius 3 is 2.78 bits per heavy atom. The van der Waals surface area contributed by atoms with Crippen LogP contribution >= 0.6 is 11.3 Å². The van der Waals surface area contributed by atoms with Crippen LogP contribution in [0.25, 0.3) is 0 Å². The molecule has 32 heavy (non-hydrogen) atoms. The number of aromatic carboxylic acids is 1. The van der Waals surface area contributed by atoms with Gasteiger partial charge >= 0.3 is 13.1 Å². The molecule has 0 saturated heterocycles. The summed E-state index contributed by atoms with van der Waals surface area (Å²) < 4.78 is 5.43. The fourth-order valence-electron chi connectivity index (χ4n) is 3.08. The molecule has 0 unspecified atom stereocenters. The molecule has 13 heteroatoms. The zero-order chi connectivity index (χ0) is 23.4. The van der Waals surface area contributed by atoms with Gasteiger partial charge in [-0.3, -0.25) is 9.59 Å². The second-order valence-corrected chi connectivity index (χ2v) is 8.16. The number of carbonyl (C=O) groups excluding carboxylic acids is 2. The minimum Gasteiger partial charge on any atom is -0.535 e. The lowest BCUT2D eigenvalue weighted by Crippen LogP contribution is -2.37. The molecular weight excluding hydrogens is 439 g/mol. The first kappa shape index (κ1) is 23.2. The molecule has 1 aromatic carbocycles. The minimum atomic E-state index is -1.40. The van der Waals surface area contributed by atoms with Gasteiger partial charge in [0.1, 0.15) is 11.4 Å². The lowest BCUT2D eigenvalue weighted by molar-refractivity contribution is -0.133. The van der Waals surface area contributed by atoms with Crippen molar-refractivity contribution in [2.24, 2.45) is 5.16 Å². The molecule has 3 rings (SSSR count). The third-order valence-electron chi connectivity index (χ3n) is 4.77. The Morgan fingerprint density at radius 2 is 2.16 bits per heavy atom. The van der Waals surface area contributed by atoms with Crippen LogP contribution in [0.1, 0.15) is 28.0 Å². The summed E-state index contributed by atoms with van der Waals surface area (Å²) in [6.07, 6.45) is 0.0367. The van der Waals surface area contributed by atoms with Crippen molar-refractivity contribution in [2.45, 2.75) is 18.7 Å². The molecule has 168 valence electrons. The Hall–Kier alpha value is -3.45. The zero-order valence-corrected chi connectivity index (χ0v) is 18.2. The average Bonchev–Trinajstić information content (AvgIpc) is 3.16. The van der Waals surface area contributed by atoms with Gasteiger partial charge in [-0.05, 0) is 18.1 Å². The molecule has 0 bridgehead atoms. The summed E-state index contributed by atoms with van der Waals surface area (Å²) in [6, 6.07) is 4.63. The van der Waals surface area contributed by atoms with Crippen molar-refractivity contribution >= 4 is 47.0 Å². The maximum Gasteiger partial charge on any atom is 0.526 e. The van der Waals surface area contributed by atoms with Crippen LogP contribution < -0.4 is 10.4 Å². The average molecular weight is 460 g/mol. The number of amides is 1. The molecule has 0 saturated carbocycles. The van der Waals surface area contributed by atoms with Crippen molar-refractivity contribution in [1.82, 2.24) is 9.88 Å². The number of para-hydroxylation sites is 1. The molecule has 1 atom stereocenters. The normalized spacial score (nSPS) is 15.5. The van der Waals surface area contributed by atoms with Gasteiger partial charge in [0, 0.05) is 31.7 Å². The Labute approximate surface area is 187 Å². The quantitative estimate of drug-likeness (QED) is 0.292. The number of hydrogen-bond donors (Lipinski definition) is 3. The van der Waals surface area contributed by atoms with Crippen molar-refractivity contribution in [3.63, 3.8) is 0 Å². The topological polar surface area (TPSA) is 165 Å². The second-order valence-electron chi connectivity index (χ2n) is 7.27. The number of likely N-dealkylation sites (N-methyl/N-ethyl adjacent to an activating group) is 1. The van der Waals surface area contributed by atoms with E-state index in [1.165, 1.54) is 16.3 Å². The van der Waals surface area contributed by atoms with Gasteiger partial charge in [-0.15, -0.1) is 11.3 Å². The third-order valence-corrected chi connectivity index (χ3v) is 5.44. The van der Waals surface area contributed by atoms with E-state index in [0.29, 0.717) is 5.56 Å². The second kappa shape index (κ2) is 9.79. The van der Waals surface area contributed by atoms with Gasteiger partial charge in [-0.2, -0.15) is 0 Å². The highest BCUT2D eigenvalue weighted by Gasteiger charge is 2.39. The number of thiazole rings is 1. The van der Waals surface area contributed by atoms with Gasteiger partial charge in [-0.1, -0.05) is 17.3 Å². The van der Waals surface area contributed by atoms with Gasteiger partial charge in [0.05, 0.1) is 5.56 Å². The third kappa shape index (κ3) is 5.24. The number of aromatic nitrogens is 1. The molecule has 0 spiro atoms. The predicted octanol–water partition coefficient (Wildman–Crippen LogP) is 0.677. The molecule has 1 aromatic heterocycles. The molecule has 1 amide bonds. The van der Waals surface area contributed by atoms with Crippen LogP contribution in [0.2, 0.25) is 5.82 Å². The maximum absolute atomic E-state index is 13.0. The molecule has 2 aromatic rings. The SMILES string of the molecule is CN(C)C(=O)CO/N=C(\C(=O)C[C@H]1Cc2cccc(C(=O)O)c2OB1O)c1csc(N)n1. The number of rotatable bonds is 8. The number of carboxylic acids is 1. The highest BCUT2D eigenvalue weighted by Crippen LogP contribution is 2.36. The fraction of sp³-hybridized carbons (Fsp3) is 0.316. The van der Waals surface area contributed by atoms with Crippen molar-refractivity contribution in [3.8, 4) is 5.75 Å². The minimum absolute atomic E-state index is 0.0644. The number of carboxylic acid groups (broad SMARTS) is 1. The Bertz CT molecular complexity index is 1070. The number of hydrogen-bond acceptors (Lipinski definition) is 10. The van der Waals surface area contributed by atoms with E-state index >= 15 is 0 Å². The van der Waals surface area contributed by atoms with Crippen LogP contribution in [-0.4, -0.2) is 71.2 Å². The van der Waals surface area contributed by atoms with Gasteiger partial charge in [0.2, 0.25) is 0 Å². The van der Waals surface area contributed by atoms with Crippen molar-refractivity contribution < 1.29 is 34.0 Å². The lowest BCUT2D eigenvalue weighted by Gasteiger charge is -2.28. The largest absolute Gasteiger partial charge is 0.535 e. The van der Waals surface area contributed by atoms with Crippen LogP contribution in [0.15, 0.2) is 28.7 Å². The molecule has 1 aliphatic heterocycles. The zero-order valence-electron chi connectivity index (χ0n) is 17.3. The van der Waals surface area contributed by atoms with Crippen molar-refractivity contribution in [2.75, 3.05) is 26.4 Å². The first-order valence-electron chi connectivity index (χ1n) is 9.52. The number of nitrogens with two attached hydrogens (primary N) is 1. The summed E-state index contributed by atoms with van der Waals surface area (Å²) >= 11 is 1.11. The number of carbonyl (C=O) groups is 3. The first-order valence-corrected chi connectivity index (χ1v) is 10.4. The summed E-state index contributed by atoms with van der Waals surface area (Å²) in [4.78, 5) is 46.5. The van der Waals surface area contributed by atoms with E-state index < -0.39 is 24.7 Å². The van der Waals surface area contributed by atoms with Gasteiger partial charge < -0.3 is 30.3 Å². The van der Waals surface area contributed by atoms with E-state index in [4.69, 9.17) is 15.2 Å². The number of benzene rings is 1. The van der Waals surface area contributed by atoms with Crippen LogP contribution in [0, 0.1) is 0 Å². The number of nitrogens with zero attached hydrogens (tertiary/aromatic N) is 3. The van der Waals surface area contributed by atoms with E-state index in [9.17, 15) is 24.5 Å². The summed E-state index contributed by atoms with van der Waals surface area (Å²) in [5.74, 6) is -2.60. The summed E-state index contributed by atoms with van der Waals surface area (Å²) in [6.45, 7) is -0.371. The molecular formula is C19H21BN4O7S. The highest BCUT2D eigenvalue weighted by atomic mass is 32.1. The fourth-order valence-corrected chi connectivity index (χ4v) is 3.63. The number of ketones is 1. The number of oxime groups is 1. The predicted molar refractivity (Wildman–Crippen MR) is 117 cm³/mol. The van der Waals surface area contributed by atoms with Crippen LogP contribution in [0.3, 0.4) is 0 Å². The Morgan fingerprint density at radius 1 is 1.41 bits per heavy atom.